The Bertz CT molecular complexity index is 1030. The molecule has 3 rings (SSSR count). The Labute approximate surface area is 178 Å². The van der Waals surface area contributed by atoms with E-state index in [1.165, 1.54) is 32.7 Å². The van der Waals surface area contributed by atoms with Gasteiger partial charge in [-0.25, -0.2) is 4.98 Å². The molecule has 2 N–H and O–H groups in total. The van der Waals surface area contributed by atoms with Crippen LogP contribution in [0.1, 0.15) is 10.4 Å². The number of methoxy groups -OCH3 is 4. The number of aromatic nitrogens is 1. The molecule has 0 aliphatic carbocycles. The normalized spacial score (nSPS) is 10.3. The molecule has 0 aliphatic heterocycles. The molecular weight excluding hydrogens is 406 g/mol. The summed E-state index contributed by atoms with van der Waals surface area (Å²) in [5.41, 5.74) is 2.53. The first-order chi connectivity index (χ1) is 14.5. The van der Waals surface area contributed by atoms with Crippen LogP contribution in [0.25, 0.3) is 11.3 Å². The summed E-state index contributed by atoms with van der Waals surface area (Å²) in [5, 5.41) is 8.66. The molecule has 0 saturated heterocycles. The summed E-state index contributed by atoms with van der Waals surface area (Å²) in [6, 6.07) is 8.68. The van der Waals surface area contributed by atoms with Crippen LogP contribution in [-0.2, 0) is 0 Å². The van der Waals surface area contributed by atoms with E-state index in [9.17, 15) is 4.79 Å². The van der Waals surface area contributed by atoms with E-state index < -0.39 is 0 Å². The fraction of sp³-hybridized carbons (Fsp3) is 0.238. The minimum atomic E-state index is -0.348. The molecule has 0 aliphatic rings. The van der Waals surface area contributed by atoms with Crippen LogP contribution in [0.4, 0.5) is 10.8 Å². The number of carbonyl (C=O) groups excluding carboxylic acids is 1. The Balaban J connectivity index is 1.95. The van der Waals surface area contributed by atoms with Crippen LogP contribution < -0.4 is 29.6 Å². The number of hydrogen-bond donors (Lipinski definition) is 2. The van der Waals surface area contributed by atoms with Crippen molar-refractivity contribution in [3.63, 3.8) is 0 Å². The van der Waals surface area contributed by atoms with Gasteiger partial charge in [0.25, 0.3) is 5.91 Å². The number of ether oxygens (including phenoxy) is 4. The highest BCUT2D eigenvalue weighted by molar-refractivity contribution is 7.14. The Morgan fingerprint density at radius 3 is 2.13 bits per heavy atom. The first-order valence-corrected chi connectivity index (χ1v) is 9.85. The summed E-state index contributed by atoms with van der Waals surface area (Å²) in [5.74, 6) is 1.39. The third kappa shape index (κ3) is 4.25. The van der Waals surface area contributed by atoms with E-state index in [0.29, 0.717) is 34.2 Å². The number of nitrogens with zero attached hydrogens (tertiary/aromatic N) is 1. The number of carbonyl (C=O) groups is 1. The largest absolute Gasteiger partial charge is 0.495 e. The van der Waals surface area contributed by atoms with Crippen molar-refractivity contribution in [3.05, 3.63) is 41.3 Å². The smallest absolute Gasteiger partial charge is 0.256 e. The van der Waals surface area contributed by atoms with Crippen molar-refractivity contribution in [1.82, 2.24) is 4.98 Å². The maximum Gasteiger partial charge on any atom is 0.256 e. The van der Waals surface area contributed by atoms with E-state index in [1.807, 2.05) is 24.6 Å². The zero-order valence-corrected chi connectivity index (χ0v) is 18.2. The molecule has 3 aromatic rings. The van der Waals surface area contributed by atoms with Crippen molar-refractivity contribution in [2.45, 2.75) is 0 Å². The maximum atomic E-state index is 13.0. The van der Waals surface area contributed by atoms with Gasteiger partial charge in [0.1, 0.15) is 5.75 Å². The van der Waals surface area contributed by atoms with Crippen molar-refractivity contribution >= 4 is 28.1 Å². The molecule has 2 aromatic carbocycles. The minimum absolute atomic E-state index is 0.348. The number of hydrogen-bond acceptors (Lipinski definition) is 8. The minimum Gasteiger partial charge on any atom is -0.495 e. The molecule has 1 aromatic heterocycles. The molecule has 158 valence electrons. The van der Waals surface area contributed by atoms with Crippen LogP contribution >= 0.6 is 11.3 Å². The van der Waals surface area contributed by atoms with Crippen LogP contribution in [0, 0.1) is 0 Å². The molecule has 8 nitrogen and oxygen atoms in total. The fourth-order valence-corrected chi connectivity index (χ4v) is 3.57. The Morgan fingerprint density at radius 2 is 1.60 bits per heavy atom. The summed E-state index contributed by atoms with van der Waals surface area (Å²) >= 11 is 1.50. The van der Waals surface area contributed by atoms with Gasteiger partial charge in [-0.05, 0) is 30.3 Å². The van der Waals surface area contributed by atoms with Crippen molar-refractivity contribution < 1.29 is 23.7 Å². The molecule has 0 spiro atoms. The van der Waals surface area contributed by atoms with Gasteiger partial charge in [0.2, 0.25) is 5.75 Å². The number of anilines is 2. The predicted molar refractivity (Wildman–Crippen MR) is 118 cm³/mol. The summed E-state index contributed by atoms with van der Waals surface area (Å²) in [6.07, 6.45) is 0. The lowest BCUT2D eigenvalue weighted by Gasteiger charge is -2.15. The molecule has 0 atom stereocenters. The van der Waals surface area contributed by atoms with Crippen LogP contribution in [0.2, 0.25) is 0 Å². The van der Waals surface area contributed by atoms with E-state index in [2.05, 4.69) is 15.6 Å². The van der Waals surface area contributed by atoms with E-state index in [1.54, 1.807) is 25.3 Å². The maximum absolute atomic E-state index is 13.0. The lowest BCUT2D eigenvalue weighted by molar-refractivity contribution is 0.102. The van der Waals surface area contributed by atoms with E-state index >= 15 is 0 Å². The number of thiazole rings is 1. The molecule has 0 saturated carbocycles. The van der Waals surface area contributed by atoms with Crippen molar-refractivity contribution in [3.8, 4) is 34.3 Å². The van der Waals surface area contributed by atoms with Gasteiger partial charge in [-0.3, -0.25) is 4.79 Å². The quantitative estimate of drug-likeness (QED) is 0.556. The highest BCUT2D eigenvalue weighted by atomic mass is 32.1. The molecular formula is C21H23N3O5S. The highest BCUT2D eigenvalue weighted by Gasteiger charge is 2.18. The fourth-order valence-electron chi connectivity index (χ4n) is 2.89. The number of rotatable bonds is 8. The second kappa shape index (κ2) is 9.36. The van der Waals surface area contributed by atoms with Gasteiger partial charge in [-0.15, -0.1) is 11.3 Å². The Hall–Kier alpha value is -3.46. The average Bonchev–Trinajstić information content (AvgIpc) is 3.27. The van der Waals surface area contributed by atoms with Gasteiger partial charge < -0.3 is 29.6 Å². The molecule has 1 amide bonds. The zero-order valence-electron chi connectivity index (χ0n) is 17.4. The van der Waals surface area contributed by atoms with Gasteiger partial charge in [0.05, 0.1) is 39.8 Å². The number of benzene rings is 2. The SMILES string of the molecule is CNc1nc(-c2ccc(OC)c(NC(=O)c3cc(OC)c(OC)c(OC)c3)c2)cs1. The highest BCUT2D eigenvalue weighted by Crippen LogP contribution is 2.39. The monoisotopic (exact) mass is 429 g/mol. The van der Waals surface area contributed by atoms with Gasteiger partial charge >= 0.3 is 0 Å². The van der Waals surface area contributed by atoms with Crippen molar-refractivity contribution in [2.24, 2.45) is 0 Å². The summed E-state index contributed by atoms with van der Waals surface area (Å²) in [7, 11) is 7.87. The summed E-state index contributed by atoms with van der Waals surface area (Å²) in [4.78, 5) is 17.5. The van der Waals surface area contributed by atoms with Gasteiger partial charge in [-0.1, -0.05) is 0 Å². The molecule has 0 bridgehead atoms. The zero-order chi connectivity index (χ0) is 21.7. The van der Waals surface area contributed by atoms with E-state index in [-0.39, 0.29) is 5.91 Å². The van der Waals surface area contributed by atoms with Gasteiger partial charge in [0.15, 0.2) is 16.6 Å². The van der Waals surface area contributed by atoms with Crippen LogP contribution in [0.15, 0.2) is 35.7 Å². The molecule has 1 heterocycles. The van der Waals surface area contributed by atoms with E-state index in [0.717, 1.165) is 16.4 Å². The predicted octanol–water partition coefficient (Wildman–Crippen LogP) is 4.14. The summed E-state index contributed by atoms with van der Waals surface area (Å²) in [6.45, 7) is 0. The summed E-state index contributed by atoms with van der Waals surface area (Å²) < 4.78 is 21.4. The Kier molecular flexibility index (Phi) is 6.63. The van der Waals surface area contributed by atoms with Crippen molar-refractivity contribution in [2.75, 3.05) is 46.1 Å². The van der Waals surface area contributed by atoms with Crippen LogP contribution in [-0.4, -0.2) is 46.4 Å². The number of nitrogens with one attached hydrogen (secondary N) is 2. The molecule has 0 fully saturated rings. The third-order valence-corrected chi connectivity index (χ3v) is 5.25. The molecule has 0 radical (unpaired) electrons. The second-order valence-electron chi connectivity index (χ2n) is 6.07. The lowest BCUT2D eigenvalue weighted by Crippen LogP contribution is -2.13. The molecule has 9 heteroatoms. The topological polar surface area (TPSA) is 90.9 Å². The second-order valence-corrected chi connectivity index (χ2v) is 6.93. The molecule has 30 heavy (non-hydrogen) atoms. The van der Waals surface area contributed by atoms with Gasteiger partial charge in [-0.2, -0.15) is 0 Å². The third-order valence-electron chi connectivity index (χ3n) is 4.39. The standard InChI is InChI=1S/C21H23N3O5S/c1-22-21-24-15(11-30-21)12-6-7-16(26-2)14(8-12)23-20(25)13-9-17(27-3)19(29-5)18(10-13)28-4/h6-11H,1-5H3,(H,22,24)(H,23,25). The van der Waals surface area contributed by atoms with E-state index in [4.69, 9.17) is 18.9 Å². The average molecular weight is 429 g/mol. The van der Waals surface area contributed by atoms with Crippen LogP contribution in [0.3, 0.4) is 0 Å². The Morgan fingerprint density at radius 1 is 0.933 bits per heavy atom. The number of amides is 1. The first-order valence-electron chi connectivity index (χ1n) is 8.97. The first kappa shape index (κ1) is 21.3. The van der Waals surface area contributed by atoms with Crippen LogP contribution in [0.5, 0.6) is 23.0 Å². The lowest BCUT2D eigenvalue weighted by atomic mass is 10.1. The van der Waals surface area contributed by atoms with Gasteiger partial charge in [0, 0.05) is 23.6 Å². The van der Waals surface area contributed by atoms with Crippen molar-refractivity contribution in [1.29, 1.82) is 0 Å². The molecule has 0 unspecified atom stereocenters.